The second-order valence-electron chi connectivity index (χ2n) is 5.12. The smallest absolute Gasteiger partial charge is 0.264 e. The van der Waals surface area contributed by atoms with Crippen LogP contribution in [0.4, 0.5) is 8.78 Å². The molecule has 0 radical (unpaired) electrons. The van der Waals surface area contributed by atoms with Crippen LogP contribution in [0.15, 0.2) is 37.1 Å². The van der Waals surface area contributed by atoms with Crippen molar-refractivity contribution in [2.24, 2.45) is 0 Å². The molecule has 0 saturated heterocycles. The van der Waals surface area contributed by atoms with Gasteiger partial charge < -0.3 is 0 Å². The van der Waals surface area contributed by atoms with E-state index >= 15 is 0 Å². The van der Waals surface area contributed by atoms with Gasteiger partial charge in [-0.05, 0) is 22.9 Å². The van der Waals surface area contributed by atoms with E-state index in [0.29, 0.717) is 21.9 Å². The van der Waals surface area contributed by atoms with Gasteiger partial charge in [0.25, 0.3) is 0 Å². The Morgan fingerprint density at radius 2 is 1.90 bits per heavy atom. The largest absolute Gasteiger partial charge is 0.333 e. The van der Waals surface area contributed by atoms with Gasteiger partial charge in [0.05, 0.1) is 11.9 Å². The van der Waals surface area contributed by atoms with Crippen LogP contribution < -0.4 is 0 Å². The third-order valence-electron chi connectivity index (χ3n) is 3.42. The molecule has 0 aliphatic rings. The van der Waals surface area contributed by atoms with E-state index in [0.717, 1.165) is 16.3 Å². The van der Waals surface area contributed by atoms with E-state index in [1.807, 2.05) is 6.07 Å². The number of rotatable bonds is 3. The lowest BCUT2D eigenvalue weighted by Crippen LogP contribution is -1.97. The molecule has 0 aliphatic carbocycles. The third kappa shape index (κ3) is 2.37. The molecule has 0 aromatic carbocycles. The average molecular weight is 288 g/mol. The van der Waals surface area contributed by atoms with E-state index in [1.54, 1.807) is 18.6 Å². The average Bonchev–Trinajstić information content (AvgIpc) is 2.95. The fourth-order valence-electron chi connectivity index (χ4n) is 2.37. The predicted molar refractivity (Wildman–Crippen MR) is 76.1 cm³/mol. The normalized spacial score (nSPS) is 11.7. The summed E-state index contributed by atoms with van der Waals surface area (Å²) < 4.78 is 25.9. The molecule has 0 bridgehead atoms. The summed E-state index contributed by atoms with van der Waals surface area (Å²) in [4.78, 5) is 8.56. The number of fused-ring (bicyclic) bond motifs is 1. The molecule has 0 aliphatic heterocycles. The first-order valence-electron chi connectivity index (χ1n) is 6.63. The number of alkyl halides is 2. The summed E-state index contributed by atoms with van der Waals surface area (Å²) in [6, 6.07) is 1.92. The van der Waals surface area contributed by atoms with Crippen LogP contribution in [-0.4, -0.2) is 19.7 Å². The highest BCUT2D eigenvalue weighted by Gasteiger charge is 2.14. The monoisotopic (exact) mass is 288 g/mol. The molecule has 3 rings (SSSR count). The minimum absolute atomic E-state index is 0.320. The summed E-state index contributed by atoms with van der Waals surface area (Å²) >= 11 is 0. The van der Waals surface area contributed by atoms with Gasteiger partial charge in [-0.1, -0.05) is 13.8 Å². The summed E-state index contributed by atoms with van der Waals surface area (Å²) in [5.41, 5.74) is 2.29. The Hall–Kier alpha value is -2.37. The Morgan fingerprint density at radius 3 is 2.57 bits per heavy atom. The molecule has 0 amide bonds. The van der Waals surface area contributed by atoms with Gasteiger partial charge in [0, 0.05) is 35.7 Å². The lowest BCUT2D eigenvalue weighted by Gasteiger charge is -2.11. The van der Waals surface area contributed by atoms with Crippen molar-refractivity contribution in [1.82, 2.24) is 19.7 Å². The molecule has 21 heavy (non-hydrogen) atoms. The number of nitrogens with zero attached hydrogens (tertiary/aromatic N) is 4. The zero-order chi connectivity index (χ0) is 15.0. The van der Waals surface area contributed by atoms with Crippen molar-refractivity contribution in [2.75, 3.05) is 0 Å². The summed E-state index contributed by atoms with van der Waals surface area (Å²) in [6.45, 7) is 1.52. The first kappa shape index (κ1) is 13.6. The first-order chi connectivity index (χ1) is 10.1. The fourth-order valence-corrected chi connectivity index (χ4v) is 2.37. The van der Waals surface area contributed by atoms with Crippen LogP contribution in [0.5, 0.6) is 0 Å². The van der Waals surface area contributed by atoms with Gasteiger partial charge in [0.2, 0.25) is 0 Å². The molecule has 0 N–H and O–H groups in total. The lowest BCUT2D eigenvalue weighted by molar-refractivity contribution is 0.0566. The number of halogens is 2. The summed E-state index contributed by atoms with van der Waals surface area (Å²) in [5.74, 6) is 0.320. The van der Waals surface area contributed by atoms with Gasteiger partial charge in [-0.15, -0.1) is 0 Å². The van der Waals surface area contributed by atoms with Crippen LogP contribution in [0.25, 0.3) is 22.0 Å². The SMILES string of the molecule is CC(C)c1cnc(-c2cnn(C(F)F)c2)c2cnccc12. The number of pyridine rings is 2. The van der Waals surface area contributed by atoms with Gasteiger partial charge in [-0.3, -0.25) is 9.97 Å². The molecule has 0 saturated carbocycles. The number of aromatic nitrogens is 4. The Bertz CT molecular complexity index is 780. The van der Waals surface area contributed by atoms with E-state index in [1.165, 1.54) is 12.4 Å². The van der Waals surface area contributed by atoms with Crippen molar-refractivity contribution >= 4 is 10.8 Å². The molecule has 6 heteroatoms. The van der Waals surface area contributed by atoms with Crippen LogP contribution in [0.1, 0.15) is 31.9 Å². The maximum atomic E-state index is 12.6. The minimum atomic E-state index is -2.65. The summed E-state index contributed by atoms with van der Waals surface area (Å²) in [6.07, 6.45) is 7.93. The first-order valence-corrected chi connectivity index (χ1v) is 6.63. The number of hydrogen-bond donors (Lipinski definition) is 0. The van der Waals surface area contributed by atoms with E-state index in [4.69, 9.17) is 0 Å². The predicted octanol–water partition coefficient (Wildman–Crippen LogP) is 4.01. The highest BCUT2D eigenvalue weighted by Crippen LogP contribution is 2.31. The van der Waals surface area contributed by atoms with Gasteiger partial charge >= 0.3 is 6.55 Å². The highest BCUT2D eigenvalue weighted by atomic mass is 19.3. The topological polar surface area (TPSA) is 43.6 Å². The zero-order valence-electron chi connectivity index (χ0n) is 11.7. The van der Waals surface area contributed by atoms with E-state index in [9.17, 15) is 8.78 Å². The second-order valence-corrected chi connectivity index (χ2v) is 5.12. The van der Waals surface area contributed by atoms with Crippen molar-refractivity contribution in [3.8, 4) is 11.3 Å². The molecular weight excluding hydrogens is 274 g/mol. The second kappa shape index (κ2) is 5.20. The lowest BCUT2D eigenvalue weighted by atomic mass is 9.97. The van der Waals surface area contributed by atoms with Crippen LogP contribution in [0.3, 0.4) is 0 Å². The maximum absolute atomic E-state index is 12.6. The molecule has 0 atom stereocenters. The van der Waals surface area contributed by atoms with Crippen LogP contribution in [0.2, 0.25) is 0 Å². The van der Waals surface area contributed by atoms with Crippen LogP contribution >= 0.6 is 0 Å². The third-order valence-corrected chi connectivity index (χ3v) is 3.42. The van der Waals surface area contributed by atoms with Gasteiger partial charge in [0.15, 0.2) is 0 Å². The Balaban J connectivity index is 2.21. The van der Waals surface area contributed by atoms with E-state index in [-0.39, 0.29) is 0 Å². The standard InChI is InChI=1S/C15H14F2N4/c1-9(2)12-7-19-14(13-6-18-4-3-11(12)13)10-5-20-21(8-10)15(16)17/h3-9,15H,1-2H3. The molecule has 0 spiro atoms. The van der Waals surface area contributed by atoms with Crippen molar-refractivity contribution < 1.29 is 8.78 Å². The summed E-state index contributed by atoms with van der Waals surface area (Å²) in [5, 5.41) is 5.54. The molecule has 3 aromatic heterocycles. The minimum Gasteiger partial charge on any atom is -0.264 e. The molecule has 3 heterocycles. The van der Waals surface area contributed by atoms with E-state index < -0.39 is 6.55 Å². The molecule has 0 fully saturated rings. The van der Waals surface area contributed by atoms with Gasteiger partial charge in [-0.2, -0.15) is 13.9 Å². The molecular formula is C15H14F2N4. The van der Waals surface area contributed by atoms with Crippen molar-refractivity contribution in [3.63, 3.8) is 0 Å². The van der Waals surface area contributed by atoms with Gasteiger partial charge in [0.1, 0.15) is 0 Å². The highest BCUT2D eigenvalue weighted by molar-refractivity contribution is 5.95. The Morgan fingerprint density at radius 1 is 1.10 bits per heavy atom. The quantitative estimate of drug-likeness (QED) is 0.731. The molecule has 108 valence electrons. The van der Waals surface area contributed by atoms with Crippen molar-refractivity contribution in [1.29, 1.82) is 0 Å². The fraction of sp³-hybridized carbons (Fsp3) is 0.267. The van der Waals surface area contributed by atoms with Crippen LogP contribution in [0, 0.1) is 0 Å². The Labute approximate surface area is 120 Å². The molecule has 3 aromatic rings. The van der Waals surface area contributed by atoms with E-state index in [2.05, 4.69) is 28.9 Å². The molecule has 4 nitrogen and oxygen atoms in total. The van der Waals surface area contributed by atoms with Crippen molar-refractivity contribution in [3.05, 3.63) is 42.6 Å². The zero-order valence-corrected chi connectivity index (χ0v) is 11.7. The van der Waals surface area contributed by atoms with Crippen LogP contribution in [-0.2, 0) is 0 Å². The summed E-state index contributed by atoms with van der Waals surface area (Å²) in [7, 11) is 0. The maximum Gasteiger partial charge on any atom is 0.333 e. The Kier molecular flexibility index (Phi) is 3.37. The molecule has 0 unspecified atom stereocenters. The van der Waals surface area contributed by atoms with Gasteiger partial charge in [-0.25, -0.2) is 4.68 Å². The van der Waals surface area contributed by atoms with Crippen molar-refractivity contribution in [2.45, 2.75) is 26.3 Å². The number of hydrogen-bond acceptors (Lipinski definition) is 3.